The molecule has 5 aromatic rings. The molecule has 0 saturated carbocycles. The number of anilines is 1. The molecule has 1 fully saturated rings. The average Bonchev–Trinajstić information content (AvgIpc) is 3.73. The van der Waals surface area contributed by atoms with Crippen LogP contribution in [-0.4, -0.2) is 42.2 Å². The molecule has 6 nitrogen and oxygen atoms in total. The van der Waals surface area contributed by atoms with E-state index < -0.39 is 0 Å². The first-order valence-electron chi connectivity index (χ1n) is 13.0. The van der Waals surface area contributed by atoms with Crippen molar-refractivity contribution in [1.82, 2.24) is 10.1 Å². The van der Waals surface area contributed by atoms with Gasteiger partial charge in [0.15, 0.2) is 0 Å². The standard InChI is InChI=1S/C31H29N3O3S/c35-31(28-15-16-32-37-28)33-24-11-9-23(10-12-24)30-27(26-5-1-2-6-29(26)38-30)21-22-7-13-25(14-8-22)36-20-19-34-17-3-4-18-34/h1-2,5-16H,3-4,17-21H2,(H,33,35). The molecule has 38 heavy (non-hydrogen) atoms. The van der Waals surface area contributed by atoms with E-state index in [1.165, 1.54) is 58.2 Å². The van der Waals surface area contributed by atoms with Crippen LogP contribution in [0.25, 0.3) is 20.5 Å². The van der Waals surface area contributed by atoms with Crippen LogP contribution in [0.4, 0.5) is 5.69 Å². The third kappa shape index (κ3) is 5.49. The first-order chi connectivity index (χ1) is 18.7. The Balaban J connectivity index is 1.18. The molecular formula is C31H29N3O3S. The Morgan fingerprint density at radius 3 is 2.53 bits per heavy atom. The SMILES string of the molecule is O=C(Nc1ccc(-c2sc3ccccc3c2Cc2ccc(OCCN3CCCC3)cc2)cc1)c1ccno1. The number of rotatable bonds is 9. The van der Waals surface area contributed by atoms with Crippen molar-refractivity contribution in [2.45, 2.75) is 19.3 Å². The summed E-state index contributed by atoms with van der Waals surface area (Å²) >= 11 is 1.80. The number of hydrogen-bond acceptors (Lipinski definition) is 6. The zero-order valence-electron chi connectivity index (χ0n) is 21.1. The van der Waals surface area contributed by atoms with Crippen molar-refractivity contribution in [2.24, 2.45) is 0 Å². The van der Waals surface area contributed by atoms with E-state index in [0.29, 0.717) is 5.69 Å². The molecule has 0 spiro atoms. The molecule has 0 radical (unpaired) electrons. The Hall–Kier alpha value is -3.94. The molecule has 1 saturated heterocycles. The predicted molar refractivity (Wildman–Crippen MR) is 152 cm³/mol. The minimum absolute atomic E-state index is 0.184. The molecule has 0 unspecified atom stereocenters. The fourth-order valence-corrected chi connectivity index (χ4v) is 6.17. The number of carbonyl (C=O) groups is 1. The van der Waals surface area contributed by atoms with Crippen LogP contribution in [0.1, 0.15) is 34.5 Å². The molecule has 3 aromatic carbocycles. The number of carbonyl (C=O) groups excluding carboxylic acids is 1. The van der Waals surface area contributed by atoms with Gasteiger partial charge in [-0.15, -0.1) is 11.3 Å². The van der Waals surface area contributed by atoms with Crippen LogP contribution in [0, 0.1) is 0 Å². The quantitative estimate of drug-likeness (QED) is 0.228. The highest BCUT2D eigenvalue weighted by molar-refractivity contribution is 7.22. The molecule has 1 N–H and O–H groups in total. The van der Waals surface area contributed by atoms with Crippen LogP contribution >= 0.6 is 11.3 Å². The van der Waals surface area contributed by atoms with Gasteiger partial charge in [-0.3, -0.25) is 9.69 Å². The molecule has 0 bridgehead atoms. The van der Waals surface area contributed by atoms with Crippen molar-refractivity contribution in [2.75, 3.05) is 31.6 Å². The lowest BCUT2D eigenvalue weighted by Crippen LogP contribution is -2.25. The molecule has 192 valence electrons. The van der Waals surface area contributed by atoms with E-state index in [-0.39, 0.29) is 11.7 Å². The molecule has 7 heteroatoms. The van der Waals surface area contributed by atoms with Gasteiger partial charge < -0.3 is 14.6 Å². The van der Waals surface area contributed by atoms with Gasteiger partial charge in [0, 0.05) is 27.9 Å². The Morgan fingerprint density at radius 2 is 1.76 bits per heavy atom. The second-order valence-electron chi connectivity index (χ2n) is 9.53. The smallest absolute Gasteiger partial charge is 0.294 e. The molecule has 1 aliphatic heterocycles. The lowest BCUT2D eigenvalue weighted by Gasteiger charge is -2.15. The van der Waals surface area contributed by atoms with Crippen LogP contribution in [0.5, 0.6) is 5.75 Å². The molecular weight excluding hydrogens is 494 g/mol. The van der Waals surface area contributed by atoms with Crippen molar-refractivity contribution in [1.29, 1.82) is 0 Å². The highest BCUT2D eigenvalue weighted by atomic mass is 32.1. The average molecular weight is 524 g/mol. The largest absolute Gasteiger partial charge is 0.492 e. The highest BCUT2D eigenvalue weighted by Gasteiger charge is 2.16. The van der Waals surface area contributed by atoms with Gasteiger partial charge in [0.2, 0.25) is 5.76 Å². The van der Waals surface area contributed by atoms with Crippen molar-refractivity contribution < 1.29 is 14.1 Å². The van der Waals surface area contributed by atoms with Crippen LogP contribution in [0.2, 0.25) is 0 Å². The first-order valence-corrected chi connectivity index (χ1v) is 13.8. The summed E-state index contributed by atoms with van der Waals surface area (Å²) in [6.45, 7) is 4.11. The number of nitrogens with one attached hydrogen (secondary N) is 1. The van der Waals surface area contributed by atoms with Gasteiger partial charge >= 0.3 is 0 Å². The van der Waals surface area contributed by atoms with Crippen molar-refractivity contribution >= 4 is 33.0 Å². The molecule has 0 aliphatic carbocycles. The fourth-order valence-electron chi connectivity index (χ4n) is 4.94. The van der Waals surface area contributed by atoms with E-state index in [0.717, 1.165) is 30.9 Å². The number of benzene rings is 3. The molecule has 3 heterocycles. The topological polar surface area (TPSA) is 67.6 Å². The maximum Gasteiger partial charge on any atom is 0.294 e. The van der Waals surface area contributed by atoms with E-state index in [9.17, 15) is 4.79 Å². The number of thiophene rings is 1. The maximum atomic E-state index is 12.3. The first kappa shape index (κ1) is 24.4. The number of aromatic nitrogens is 1. The predicted octanol–water partition coefficient (Wildman–Crippen LogP) is 6.87. The molecule has 6 rings (SSSR count). The summed E-state index contributed by atoms with van der Waals surface area (Å²) < 4.78 is 12.2. The van der Waals surface area contributed by atoms with Gasteiger partial charge in [-0.1, -0.05) is 47.6 Å². The minimum atomic E-state index is -0.318. The minimum Gasteiger partial charge on any atom is -0.492 e. The molecule has 1 aliphatic rings. The molecule has 0 atom stereocenters. The van der Waals surface area contributed by atoms with E-state index in [2.05, 4.69) is 76.0 Å². The van der Waals surface area contributed by atoms with E-state index in [4.69, 9.17) is 9.26 Å². The summed E-state index contributed by atoms with van der Waals surface area (Å²) in [7, 11) is 0. The summed E-state index contributed by atoms with van der Waals surface area (Å²) in [6, 6.07) is 26.6. The van der Waals surface area contributed by atoms with Gasteiger partial charge in [0.1, 0.15) is 12.4 Å². The second-order valence-corrected chi connectivity index (χ2v) is 10.6. The number of nitrogens with zero attached hydrogens (tertiary/aromatic N) is 2. The number of ether oxygens (including phenoxy) is 1. The molecule has 2 aromatic heterocycles. The van der Waals surface area contributed by atoms with Crippen molar-refractivity contribution in [3.05, 3.63) is 102 Å². The summed E-state index contributed by atoms with van der Waals surface area (Å²) in [6.07, 6.45) is 4.89. The Kier molecular flexibility index (Phi) is 7.20. The summed E-state index contributed by atoms with van der Waals surface area (Å²) in [5, 5.41) is 7.73. The van der Waals surface area contributed by atoms with Gasteiger partial charge in [0.25, 0.3) is 5.91 Å². The van der Waals surface area contributed by atoms with Crippen LogP contribution in [-0.2, 0) is 6.42 Å². The molecule has 1 amide bonds. The normalized spacial score (nSPS) is 13.7. The van der Waals surface area contributed by atoms with E-state index in [1.807, 2.05) is 12.1 Å². The van der Waals surface area contributed by atoms with Crippen LogP contribution < -0.4 is 10.1 Å². The lowest BCUT2D eigenvalue weighted by atomic mass is 9.99. The Bertz CT molecular complexity index is 1500. The van der Waals surface area contributed by atoms with Gasteiger partial charge in [-0.25, -0.2) is 0 Å². The summed E-state index contributed by atoms with van der Waals surface area (Å²) in [4.78, 5) is 16.0. The Morgan fingerprint density at radius 1 is 0.974 bits per heavy atom. The Labute approximate surface area is 225 Å². The zero-order valence-corrected chi connectivity index (χ0v) is 21.9. The summed E-state index contributed by atoms with van der Waals surface area (Å²) in [5.74, 6) is 0.788. The zero-order chi connectivity index (χ0) is 25.7. The van der Waals surface area contributed by atoms with Gasteiger partial charge in [-0.05, 0) is 84.8 Å². The lowest BCUT2D eigenvalue weighted by molar-refractivity contribution is 0.0988. The number of likely N-dealkylation sites (tertiary alicyclic amines) is 1. The highest BCUT2D eigenvalue weighted by Crippen LogP contribution is 2.40. The number of amides is 1. The van der Waals surface area contributed by atoms with E-state index in [1.54, 1.807) is 17.4 Å². The number of hydrogen-bond donors (Lipinski definition) is 1. The van der Waals surface area contributed by atoms with Crippen molar-refractivity contribution in [3.8, 4) is 16.2 Å². The second kappa shape index (κ2) is 11.2. The van der Waals surface area contributed by atoms with Gasteiger partial charge in [0.05, 0.1) is 6.20 Å². The van der Waals surface area contributed by atoms with Crippen LogP contribution in [0.3, 0.4) is 0 Å². The monoisotopic (exact) mass is 523 g/mol. The maximum absolute atomic E-state index is 12.3. The van der Waals surface area contributed by atoms with Crippen molar-refractivity contribution in [3.63, 3.8) is 0 Å². The van der Waals surface area contributed by atoms with E-state index >= 15 is 0 Å². The summed E-state index contributed by atoms with van der Waals surface area (Å²) in [5.41, 5.74) is 4.39. The van der Waals surface area contributed by atoms with Gasteiger partial charge in [-0.2, -0.15) is 0 Å². The third-order valence-electron chi connectivity index (χ3n) is 6.94. The third-order valence-corrected chi connectivity index (χ3v) is 8.21. The number of fused-ring (bicyclic) bond motifs is 1. The van der Waals surface area contributed by atoms with Crippen LogP contribution in [0.15, 0.2) is 89.6 Å². The fraction of sp³-hybridized carbons (Fsp3) is 0.226.